The van der Waals surface area contributed by atoms with Gasteiger partial charge >= 0.3 is 0 Å². The summed E-state index contributed by atoms with van der Waals surface area (Å²) in [5.74, 6) is 0. The molecule has 0 aromatic carbocycles. The predicted octanol–water partition coefficient (Wildman–Crippen LogP) is 2.32. The summed E-state index contributed by atoms with van der Waals surface area (Å²) in [6, 6.07) is 1.67. The van der Waals surface area contributed by atoms with Gasteiger partial charge in [-0.25, -0.2) is 0 Å². The molecule has 2 aliphatic rings. The molecule has 1 saturated heterocycles. The van der Waals surface area contributed by atoms with Crippen LogP contribution in [0.15, 0.2) is 0 Å². The van der Waals surface area contributed by atoms with Gasteiger partial charge in [-0.2, -0.15) is 0 Å². The first-order chi connectivity index (χ1) is 8.99. The van der Waals surface area contributed by atoms with Crippen molar-refractivity contribution in [2.45, 2.75) is 71.0 Å². The van der Waals surface area contributed by atoms with Gasteiger partial charge in [-0.1, -0.05) is 13.3 Å². The number of hydrogen-bond donors (Lipinski definition) is 1. The molecule has 1 heterocycles. The summed E-state index contributed by atoms with van der Waals surface area (Å²) in [5.41, 5.74) is 0.238. The summed E-state index contributed by atoms with van der Waals surface area (Å²) in [6.45, 7) is 15.4. The van der Waals surface area contributed by atoms with E-state index >= 15 is 0 Å². The molecule has 0 amide bonds. The summed E-state index contributed by atoms with van der Waals surface area (Å²) in [5, 5.41) is 3.70. The second kappa shape index (κ2) is 6.55. The highest BCUT2D eigenvalue weighted by Crippen LogP contribution is 2.27. The lowest BCUT2D eigenvalue weighted by molar-refractivity contribution is 0.0839. The minimum atomic E-state index is 0.238. The molecule has 0 radical (unpaired) electrons. The first-order valence-electron chi connectivity index (χ1n) is 8.22. The fraction of sp³-hybridized carbons (Fsp3) is 1.00. The maximum atomic E-state index is 3.70. The van der Waals surface area contributed by atoms with Gasteiger partial charge in [-0.3, -0.25) is 9.80 Å². The van der Waals surface area contributed by atoms with Crippen LogP contribution in [0.3, 0.4) is 0 Å². The molecule has 2 rings (SSSR count). The van der Waals surface area contributed by atoms with Gasteiger partial charge in [-0.15, -0.1) is 0 Å². The first-order valence-corrected chi connectivity index (χ1v) is 8.22. The highest BCUT2D eigenvalue weighted by molar-refractivity contribution is 4.89. The van der Waals surface area contributed by atoms with Gasteiger partial charge < -0.3 is 5.32 Å². The SMILES string of the molecule is CCCC(CNC(C)(C)C)N1CCN(C2CC2)CC1. The fourth-order valence-corrected chi connectivity index (χ4v) is 3.08. The van der Waals surface area contributed by atoms with Crippen LogP contribution in [0.1, 0.15) is 53.4 Å². The van der Waals surface area contributed by atoms with Crippen molar-refractivity contribution in [3.63, 3.8) is 0 Å². The lowest BCUT2D eigenvalue weighted by atomic mass is 10.1. The quantitative estimate of drug-likeness (QED) is 0.797. The van der Waals surface area contributed by atoms with Crippen LogP contribution in [0.2, 0.25) is 0 Å². The van der Waals surface area contributed by atoms with Gasteiger partial charge in [0.25, 0.3) is 0 Å². The average Bonchev–Trinajstić information content (AvgIpc) is 3.18. The van der Waals surface area contributed by atoms with Crippen molar-refractivity contribution in [3.8, 4) is 0 Å². The van der Waals surface area contributed by atoms with E-state index in [1.54, 1.807) is 0 Å². The summed E-state index contributed by atoms with van der Waals surface area (Å²) in [4.78, 5) is 5.43. The number of nitrogens with zero attached hydrogens (tertiary/aromatic N) is 2. The Morgan fingerprint density at radius 2 is 1.74 bits per heavy atom. The molecule has 3 nitrogen and oxygen atoms in total. The summed E-state index contributed by atoms with van der Waals surface area (Å²) in [7, 11) is 0. The van der Waals surface area contributed by atoms with Crippen LogP contribution in [0.25, 0.3) is 0 Å². The van der Waals surface area contributed by atoms with Gasteiger partial charge in [0, 0.05) is 50.3 Å². The molecule has 2 fully saturated rings. The maximum Gasteiger partial charge on any atom is 0.0221 e. The molecule has 19 heavy (non-hydrogen) atoms. The topological polar surface area (TPSA) is 18.5 Å². The van der Waals surface area contributed by atoms with E-state index in [-0.39, 0.29) is 5.54 Å². The van der Waals surface area contributed by atoms with E-state index in [0.29, 0.717) is 0 Å². The molecule has 1 aliphatic heterocycles. The summed E-state index contributed by atoms with van der Waals surface area (Å²) in [6.07, 6.45) is 5.51. The van der Waals surface area contributed by atoms with E-state index in [0.717, 1.165) is 18.6 Å². The number of piperazine rings is 1. The van der Waals surface area contributed by atoms with Gasteiger partial charge in [0.15, 0.2) is 0 Å². The molecule has 0 bridgehead atoms. The van der Waals surface area contributed by atoms with Crippen LogP contribution in [-0.4, -0.2) is 60.1 Å². The Hall–Kier alpha value is -0.120. The van der Waals surface area contributed by atoms with Crippen LogP contribution in [0, 0.1) is 0 Å². The second-order valence-corrected chi connectivity index (χ2v) is 7.38. The molecule has 3 heteroatoms. The Morgan fingerprint density at radius 1 is 1.11 bits per heavy atom. The molecule has 1 saturated carbocycles. The first kappa shape index (κ1) is 15.3. The lowest BCUT2D eigenvalue weighted by Crippen LogP contribution is -2.54. The molecule has 0 aromatic heterocycles. The van der Waals surface area contributed by atoms with Gasteiger partial charge in [0.1, 0.15) is 0 Å². The Kier molecular flexibility index (Phi) is 5.27. The van der Waals surface area contributed by atoms with Crippen molar-refractivity contribution < 1.29 is 0 Å². The second-order valence-electron chi connectivity index (χ2n) is 7.38. The zero-order chi connectivity index (χ0) is 13.9. The van der Waals surface area contributed by atoms with E-state index in [4.69, 9.17) is 0 Å². The highest BCUT2D eigenvalue weighted by Gasteiger charge is 2.32. The van der Waals surface area contributed by atoms with Crippen molar-refractivity contribution >= 4 is 0 Å². The number of hydrogen-bond acceptors (Lipinski definition) is 3. The van der Waals surface area contributed by atoms with Gasteiger partial charge in [0.2, 0.25) is 0 Å². The molecule has 0 aromatic rings. The predicted molar refractivity (Wildman–Crippen MR) is 82.6 cm³/mol. The van der Waals surface area contributed by atoms with Crippen molar-refractivity contribution in [2.24, 2.45) is 0 Å². The van der Waals surface area contributed by atoms with Crippen molar-refractivity contribution in [1.82, 2.24) is 15.1 Å². The molecular formula is C16H33N3. The van der Waals surface area contributed by atoms with Crippen LogP contribution in [-0.2, 0) is 0 Å². The average molecular weight is 267 g/mol. The Morgan fingerprint density at radius 3 is 2.21 bits per heavy atom. The molecule has 112 valence electrons. The van der Waals surface area contributed by atoms with E-state index in [2.05, 4.69) is 42.8 Å². The largest absolute Gasteiger partial charge is 0.311 e. The maximum absolute atomic E-state index is 3.70. The third-order valence-corrected chi connectivity index (χ3v) is 4.42. The molecule has 0 spiro atoms. The van der Waals surface area contributed by atoms with Crippen LogP contribution >= 0.6 is 0 Å². The Balaban J connectivity index is 1.78. The third kappa shape index (κ3) is 5.05. The molecular weight excluding hydrogens is 234 g/mol. The van der Waals surface area contributed by atoms with Crippen LogP contribution in [0.5, 0.6) is 0 Å². The number of rotatable bonds is 6. The monoisotopic (exact) mass is 267 g/mol. The summed E-state index contributed by atoms with van der Waals surface area (Å²) < 4.78 is 0. The Bertz CT molecular complexity index is 260. The van der Waals surface area contributed by atoms with E-state index in [1.165, 1.54) is 51.9 Å². The minimum absolute atomic E-state index is 0.238. The van der Waals surface area contributed by atoms with Crippen LogP contribution < -0.4 is 5.32 Å². The highest BCUT2D eigenvalue weighted by atomic mass is 15.3. The standard InChI is InChI=1S/C16H33N3/c1-5-6-15(13-17-16(2,3)4)19-11-9-18(10-12-19)14-7-8-14/h14-15,17H,5-13H2,1-4H3. The van der Waals surface area contributed by atoms with E-state index in [9.17, 15) is 0 Å². The normalized spacial score (nSPS) is 24.6. The Labute approximate surface area is 119 Å². The van der Waals surface area contributed by atoms with E-state index < -0.39 is 0 Å². The zero-order valence-electron chi connectivity index (χ0n) is 13.4. The van der Waals surface area contributed by atoms with Crippen molar-refractivity contribution in [2.75, 3.05) is 32.7 Å². The van der Waals surface area contributed by atoms with Crippen LogP contribution in [0.4, 0.5) is 0 Å². The fourth-order valence-electron chi connectivity index (χ4n) is 3.08. The smallest absolute Gasteiger partial charge is 0.0221 e. The number of nitrogens with one attached hydrogen (secondary N) is 1. The summed E-state index contributed by atoms with van der Waals surface area (Å²) >= 11 is 0. The van der Waals surface area contributed by atoms with Crippen molar-refractivity contribution in [1.29, 1.82) is 0 Å². The zero-order valence-corrected chi connectivity index (χ0v) is 13.4. The minimum Gasteiger partial charge on any atom is -0.311 e. The van der Waals surface area contributed by atoms with E-state index in [1.807, 2.05) is 0 Å². The lowest BCUT2D eigenvalue weighted by Gasteiger charge is -2.40. The molecule has 1 N–H and O–H groups in total. The molecule has 1 aliphatic carbocycles. The molecule has 1 unspecified atom stereocenters. The third-order valence-electron chi connectivity index (χ3n) is 4.42. The molecule has 1 atom stereocenters. The van der Waals surface area contributed by atoms with Crippen molar-refractivity contribution in [3.05, 3.63) is 0 Å². The van der Waals surface area contributed by atoms with Gasteiger partial charge in [-0.05, 0) is 40.0 Å². The van der Waals surface area contributed by atoms with Gasteiger partial charge in [0.05, 0.1) is 0 Å².